The van der Waals surface area contributed by atoms with Gasteiger partial charge >= 0.3 is 6.03 Å². The molecule has 0 radical (unpaired) electrons. The number of pyridine rings is 1. The fourth-order valence-corrected chi connectivity index (χ4v) is 4.36. The van der Waals surface area contributed by atoms with E-state index in [4.69, 9.17) is 0 Å². The molecule has 0 saturated heterocycles. The van der Waals surface area contributed by atoms with E-state index >= 15 is 0 Å². The predicted octanol–water partition coefficient (Wildman–Crippen LogP) is 5.67. The Morgan fingerprint density at radius 1 is 1.16 bits per heavy atom. The number of urea groups is 1. The summed E-state index contributed by atoms with van der Waals surface area (Å²) >= 11 is 3.29. The van der Waals surface area contributed by atoms with Gasteiger partial charge in [0.2, 0.25) is 0 Å². The maximum absolute atomic E-state index is 14.0. The molecule has 0 fully saturated rings. The SMILES string of the molecule is O=C(Nc1cc(Br)ccc1F)Nc1cccc2c1CCN2Cc1c[nH]c2ncccc12. The van der Waals surface area contributed by atoms with E-state index in [1.807, 2.05) is 24.4 Å². The van der Waals surface area contributed by atoms with E-state index in [0.29, 0.717) is 4.47 Å². The molecule has 8 heteroatoms. The summed E-state index contributed by atoms with van der Waals surface area (Å²) in [5.74, 6) is -0.490. The van der Waals surface area contributed by atoms with Crippen molar-refractivity contribution in [1.82, 2.24) is 9.97 Å². The molecule has 0 unspecified atom stereocenters. The zero-order chi connectivity index (χ0) is 21.4. The Bertz CT molecular complexity index is 1290. The number of nitrogens with zero attached hydrogens (tertiary/aromatic N) is 2. The highest BCUT2D eigenvalue weighted by molar-refractivity contribution is 9.10. The van der Waals surface area contributed by atoms with Crippen LogP contribution in [0.4, 0.5) is 26.2 Å². The molecule has 0 saturated carbocycles. The number of amides is 2. The fourth-order valence-electron chi connectivity index (χ4n) is 4.00. The first-order valence-corrected chi connectivity index (χ1v) is 10.7. The molecule has 2 amide bonds. The number of halogens is 2. The lowest BCUT2D eigenvalue weighted by Gasteiger charge is -2.19. The zero-order valence-electron chi connectivity index (χ0n) is 16.5. The van der Waals surface area contributed by atoms with Gasteiger partial charge < -0.3 is 20.5 Å². The number of H-pyrrole nitrogens is 1. The van der Waals surface area contributed by atoms with Crippen molar-refractivity contribution in [3.63, 3.8) is 0 Å². The Labute approximate surface area is 186 Å². The van der Waals surface area contributed by atoms with Gasteiger partial charge in [-0.1, -0.05) is 22.0 Å². The number of anilines is 3. The maximum atomic E-state index is 14.0. The molecule has 4 aromatic rings. The van der Waals surface area contributed by atoms with Gasteiger partial charge in [0, 0.05) is 52.3 Å². The molecule has 6 nitrogen and oxygen atoms in total. The fraction of sp³-hybridized carbons (Fsp3) is 0.130. The van der Waals surface area contributed by atoms with Gasteiger partial charge in [-0.2, -0.15) is 0 Å². The van der Waals surface area contributed by atoms with Gasteiger partial charge in [-0.25, -0.2) is 14.2 Å². The molecular weight excluding hydrogens is 461 g/mol. The van der Waals surface area contributed by atoms with Crippen LogP contribution < -0.4 is 15.5 Å². The third kappa shape index (κ3) is 3.86. The summed E-state index contributed by atoms with van der Waals surface area (Å²) in [6, 6.07) is 13.8. The first kappa shape index (κ1) is 19.6. The third-order valence-electron chi connectivity index (χ3n) is 5.45. The lowest BCUT2D eigenvalue weighted by atomic mass is 10.1. The Balaban J connectivity index is 1.34. The largest absolute Gasteiger partial charge is 0.367 e. The minimum atomic E-state index is -0.490. The average molecular weight is 480 g/mol. The Morgan fingerprint density at radius 2 is 2.03 bits per heavy atom. The van der Waals surface area contributed by atoms with Crippen molar-refractivity contribution < 1.29 is 9.18 Å². The van der Waals surface area contributed by atoms with E-state index < -0.39 is 11.8 Å². The van der Waals surface area contributed by atoms with Crippen molar-refractivity contribution in [2.45, 2.75) is 13.0 Å². The van der Waals surface area contributed by atoms with Crippen LogP contribution in [-0.2, 0) is 13.0 Å². The van der Waals surface area contributed by atoms with Crippen LogP contribution in [0.15, 0.2) is 65.4 Å². The van der Waals surface area contributed by atoms with Crippen LogP contribution in [0.2, 0.25) is 0 Å². The molecule has 0 atom stereocenters. The normalized spacial score (nSPS) is 12.8. The Hall–Kier alpha value is -3.39. The van der Waals surface area contributed by atoms with Crippen molar-refractivity contribution in [3.05, 3.63) is 82.3 Å². The number of carbonyl (C=O) groups excluding carboxylic acids is 1. The molecular formula is C23H19BrFN5O. The van der Waals surface area contributed by atoms with E-state index in [1.54, 1.807) is 12.3 Å². The summed E-state index contributed by atoms with van der Waals surface area (Å²) in [6.07, 6.45) is 4.59. The maximum Gasteiger partial charge on any atom is 0.323 e. The smallest absolute Gasteiger partial charge is 0.323 e. The van der Waals surface area contributed by atoms with E-state index in [1.165, 1.54) is 17.7 Å². The van der Waals surface area contributed by atoms with Gasteiger partial charge in [0.25, 0.3) is 0 Å². The molecule has 156 valence electrons. The highest BCUT2D eigenvalue weighted by Crippen LogP contribution is 2.35. The molecule has 31 heavy (non-hydrogen) atoms. The molecule has 2 aromatic carbocycles. The van der Waals surface area contributed by atoms with E-state index in [2.05, 4.69) is 53.6 Å². The molecule has 3 N–H and O–H groups in total. The minimum absolute atomic E-state index is 0.119. The number of hydrogen-bond donors (Lipinski definition) is 3. The number of aromatic amines is 1. The summed E-state index contributed by atoms with van der Waals surface area (Å²) in [5.41, 5.74) is 5.07. The quantitative estimate of drug-likeness (QED) is 0.353. The van der Waals surface area contributed by atoms with Crippen LogP contribution in [0.25, 0.3) is 11.0 Å². The lowest BCUT2D eigenvalue weighted by molar-refractivity contribution is 0.262. The third-order valence-corrected chi connectivity index (χ3v) is 5.94. The average Bonchev–Trinajstić information content (AvgIpc) is 3.36. The van der Waals surface area contributed by atoms with Gasteiger partial charge in [0.05, 0.1) is 5.69 Å². The summed E-state index contributed by atoms with van der Waals surface area (Å²) in [6.45, 7) is 1.60. The number of rotatable bonds is 4. The number of aromatic nitrogens is 2. The molecule has 2 aromatic heterocycles. The monoisotopic (exact) mass is 479 g/mol. The van der Waals surface area contributed by atoms with Crippen molar-refractivity contribution in [2.24, 2.45) is 0 Å². The Morgan fingerprint density at radius 3 is 2.94 bits per heavy atom. The van der Waals surface area contributed by atoms with Crippen LogP contribution >= 0.6 is 15.9 Å². The van der Waals surface area contributed by atoms with Crippen LogP contribution in [0, 0.1) is 5.82 Å². The van der Waals surface area contributed by atoms with Gasteiger partial charge in [-0.15, -0.1) is 0 Å². The molecule has 0 aliphatic carbocycles. The van der Waals surface area contributed by atoms with Crippen LogP contribution in [0.1, 0.15) is 11.1 Å². The molecule has 0 bridgehead atoms. The molecule has 1 aliphatic rings. The van der Waals surface area contributed by atoms with Gasteiger partial charge in [-0.3, -0.25) is 0 Å². The minimum Gasteiger partial charge on any atom is -0.367 e. The van der Waals surface area contributed by atoms with Crippen molar-refractivity contribution in [1.29, 1.82) is 0 Å². The Kier molecular flexibility index (Phi) is 5.07. The number of fused-ring (bicyclic) bond motifs is 2. The van der Waals surface area contributed by atoms with Gasteiger partial charge in [-0.05, 0) is 54.4 Å². The van der Waals surface area contributed by atoms with Crippen LogP contribution in [0.5, 0.6) is 0 Å². The standard InChI is InChI=1S/C23H19BrFN5O/c24-15-6-7-18(25)20(11-15)29-23(31)28-19-4-1-5-21-17(19)8-10-30(21)13-14-12-27-22-16(14)3-2-9-26-22/h1-7,9,11-12H,8,10,13H2,(H,26,27)(H2,28,29,31). The van der Waals surface area contributed by atoms with Crippen molar-refractivity contribution in [3.8, 4) is 0 Å². The van der Waals surface area contributed by atoms with Crippen LogP contribution in [-0.4, -0.2) is 22.5 Å². The second-order valence-corrected chi connectivity index (χ2v) is 8.31. The summed E-state index contributed by atoms with van der Waals surface area (Å²) in [5, 5.41) is 6.56. The number of nitrogens with one attached hydrogen (secondary N) is 3. The van der Waals surface area contributed by atoms with E-state index in [-0.39, 0.29) is 5.69 Å². The molecule has 1 aliphatic heterocycles. The molecule has 3 heterocycles. The summed E-state index contributed by atoms with van der Waals surface area (Å²) in [4.78, 5) is 22.4. The summed E-state index contributed by atoms with van der Waals surface area (Å²) in [7, 11) is 0. The number of carbonyl (C=O) groups is 1. The van der Waals surface area contributed by atoms with Gasteiger partial charge in [0.1, 0.15) is 11.5 Å². The second-order valence-electron chi connectivity index (χ2n) is 7.39. The van der Waals surface area contributed by atoms with Crippen LogP contribution in [0.3, 0.4) is 0 Å². The highest BCUT2D eigenvalue weighted by Gasteiger charge is 2.23. The number of hydrogen-bond acceptors (Lipinski definition) is 3. The number of benzene rings is 2. The first-order valence-electron chi connectivity index (χ1n) is 9.89. The van der Waals surface area contributed by atoms with E-state index in [9.17, 15) is 9.18 Å². The predicted molar refractivity (Wildman–Crippen MR) is 124 cm³/mol. The topological polar surface area (TPSA) is 73.1 Å². The van der Waals surface area contributed by atoms with E-state index in [0.717, 1.165) is 47.5 Å². The molecule has 0 spiro atoms. The highest BCUT2D eigenvalue weighted by atomic mass is 79.9. The lowest BCUT2D eigenvalue weighted by Crippen LogP contribution is -2.21. The summed E-state index contributed by atoms with van der Waals surface area (Å²) < 4.78 is 14.6. The molecule has 5 rings (SSSR count). The first-order chi connectivity index (χ1) is 15.1. The zero-order valence-corrected chi connectivity index (χ0v) is 18.0. The van der Waals surface area contributed by atoms with Gasteiger partial charge in [0.15, 0.2) is 0 Å². The second kappa shape index (κ2) is 8.03. The van der Waals surface area contributed by atoms with Crippen molar-refractivity contribution >= 4 is 50.1 Å². The van der Waals surface area contributed by atoms with Crippen molar-refractivity contribution in [2.75, 3.05) is 22.1 Å².